The molecule has 3 rings (SSSR count). The molecular formula is C14H10ClN3O2. The number of halogens is 1. The van der Waals surface area contributed by atoms with Gasteiger partial charge in [0.25, 0.3) is 0 Å². The number of para-hydroxylation sites is 2. The number of carboxylic acid groups (broad SMARTS) is 1. The quantitative estimate of drug-likeness (QED) is 0.804. The number of imidazole rings is 1. The highest BCUT2D eigenvalue weighted by Crippen LogP contribution is 2.29. The van der Waals surface area contributed by atoms with Gasteiger partial charge in [-0.05, 0) is 18.2 Å². The maximum absolute atomic E-state index is 11.1. The first-order chi connectivity index (χ1) is 9.66. The lowest BCUT2D eigenvalue weighted by Gasteiger charge is -2.07. The van der Waals surface area contributed by atoms with Crippen LogP contribution < -0.4 is 0 Å². The first kappa shape index (κ1) is 12.6. The number of hydrogen-bond donors (Lipinski definition) is 1. The lowest BCUT2D eigenvalue weighted by Crippen LogP contribution is -2.10. The number of aromatic nitrogens is 3. The van der Waals surface area contributed by atoms with Gasteiger partial charge in [-0.2, -0.15) is 0 Å². The molecule has 0 amide bonds. The second kappa shape index (κ2) is 4.94. The Morgan fingerprint density at radius 1 is 1.30 bits per heavy atom. The van der Waals surface area contributed by atoms with E-state index in [0.29, 0.717) is 16.4 Å². The van der Waals surface area contributed by atoms with Crippen LogP contribution in [0.4, 0.5) is 0 Å². The molecular weight excluding hydrogens is 278 g/mol. The molecule has 2 aromatic heterocycles. The Kier molecular flexibility index (Phi) is 3.12. The summed E-state index contributed by atoms with van der Waals surface area (Å²) < 4.78 is 1.64. The van der Waals surface area contributed by atoms with Crippen LogP contribution in [0.25, 0.3) is 22.4 Å². The van der Waals surface area contributed by atoms with Crippen molar-refractivity contribution in [1.29, 1.82) is 0 Å². The van der Waals surface area contributed by atoms with Crippen molar-refractivity contribution in [2.45, 2.75) is 6.54 Å². The molecule has 20 heavy (non-hydrogen) atoms. The zero-order valence-electron chi connectivity index (χ0n) is 10.3. The van der Waals surface area contributed by atoms with Crippen LogP contribution in [0.2, 0.25) is 5.02 Å². The maximum atomic E-state index is 11.1. The minimum absolute atomic E-state index is 0.172. The van der Waals surface area contributed by atoms with E-state index in [-0.39, 0.29) is 6.54 Å². The van der Waals surface area contributed by atoms with E-state index in [4.69, 9.17) is 16.7 Å². The fraction of sp³-hybridized carbons (Fsp3) is 0.0714. The van der Waals surface area contributed by atoms with Gasteiger partial charge < -0.3 is 9.67 Å². The summed E-state index contributed by atoms with van der Waals surface area (Å²) in [5, 5.41) is 9.53. The molecule has 0 spiro atoms. The standard InChI is InChI=1S/C14H10ClN3O2/c15-10-7-16-6-5-9(10)14-17-11-3-1-2-4-12(11)18(14)8-13(19)20/h1-7H,8H2,(H,19,20). The van der Waals surface area contributed by atoms with Crippen molar-refractivity contribution >= 4 is 28.6 Å². The van der Waals surface area contributed by atoms with Gasteiger partial charge in [-0.3, -0.25) is 9.78 Å². The molecule has 0 bridgehead atoms. The van der Waals surface area contributed by atoms with Crippen LogP contribution in [0.1, 0.15) is 0 Å². The first-order valence-electron chi connectivity index (χ1n) is 5.94. The number of nitrogens with zero attached hydrogens (tertiary/aromatic N) is 3. The number of carboxylic acids is 1. The largest absolute Gasteiger partial charge is 0.480 e. The van der Waals surface area contributed by atoms with E-state index in [9.17, 15) is 4.79 Å². The van der Waals surface area contributed by atoms with Gasteiger partial charge in [0.2, 0.25) is 0 Å². The van der Waals surface area contributed by atoms with Gasteiger partial charge in [0.15, 0.2) is 0 Å². The maximum Gasteiger partial charge on any atom is 0.323 e. The van der Waals surface area contributed by atoms with Crippen LogP contribution in [0, 0.1) is 0 Å². The Morgan fingerprint density at radius 2 is 2.10 bits per heavy atom. The van der Waals surface area contributed by atoms with E-state index < -0.39 is 5.97 Å². The molecule has 0 saturated carbocycles. The Bertz CT molecular complexity index is 798. The highest BCUT2D eigenvalue weighted by Gasteiger charge is 2.16. The molecule has 0 atom stereocenters. The van der Waals surface area contributed by atoms with Crippen molar-refractivity contribution in [3.05, 3.63) is 47.7 Å². The molecule has 0 aliphatic rings. The number of aliphatic carboxylic acids is 1. The minimum Gasteiger partial charge on any atom is -0.480 e. The summed E-state index contributed by atoms with van der Waals surface area (Å²) in [7, 11) is 0. The molecule has 5 nitrogen and oxygen atoms in total. The van der Waals surface area contributed by atoms with E-state index in [1.807, 2.05) is 24.3 Å². The van der Waals surface area contributed by atoms with Gasteiger partial charge in [0, 0.05) is 18.0 Å². The highest BCUT2D eigenvalue weighted by atomic mass is 35.5. The molecule has 0 aliphatic carbocycles. The molecule has 0 fully saturated rings. The van der Waals surface area contributed by atoms with E-state index in [1.165, 1.54) is 6.20 Å². The lowest BCUT2D eigenvalue weighted by molar-refractivity contribution is -0.137. The van der Waals surface area contributed by atoms with Gasteiger partial charge >= 0.3 is 5.97 Å². The summed E-state index contributed by atoms with van der Waals surface area (Å²) in [6, 6.07) is 9.11. The van der Waals surface area contributed by atoms with Gasteiger partial charge in [-0.15, -0.1) is 0 Å². The topological polar surface area (TPSA) is 68.0 Å². The van der Waals surface area contributed by atoms with Crippen LogP contribution in [0.15, 0.2) is 42.7 Å². The molecule has 2 heterocycles. The van der Waals surface area contributed by atoms with Crippen LogP contribution >= 0.6 is 11.6 Å². The third-order valence-electron chi connectivity index (χ3n) is 2.96. The van der Waals surface area contributed by atoms with Crippen molar-refractivity contribution in [2.75, 3.05) is 0 Å². The minimum atomic E-state index is -0.931. The van der Waals surface area contributed by atoms with Crippen LogP contribution in [0.3, 0.4) is 0 Å². The SMILES string of the molecule is O=C(O)Cn1c(-c2ccncc2Cl)nc2ccccc21. The number of benzene rings is 1. The Morgan fingerprint density at radius 3 is 2.85 bits per heavy atom. The number of hydrogen-bond acceptors (Lipinski definition) is 3. The average Bonchev–Trinajstić information content (AvgIpc) is 2.78. The third kappa shape index (κ3) is 2.12. The van der Waals surface area contributed by atoms with E-state index in [2.05, 4.69) is 9.97 Å². The summed E-state index contributed by atoms with van der Waals surface area (Å²) in [6.07, 6.45) is 3.12. The normalized spacial score (nSPS) is 10.8. The second-order valence-corrected chi connectivity index (χ2v) is 4.67. The smallest absolute Gasteiger partial charge is 0.323 e. The van der Waals surface area contributed by atoms with Gasteiger partial charge in [0.05, 0.1) is 16.1 Å². The highest BCUT2D eigenvalue weighted by molar-refractivity contribution is 6.33. The molecule has 0 unspecified atom stereocenters. The summed E-state index contributed by atoms with van der Waals surface area (Å²) in [6.45, 7) is -0.172. The summed E-state index contributed by atoms with van der Waals surface area (Å²) >= 11 is 6.13. The predicted molar refractivity (Wildman–Crippen MR) is 75.6 cm³/mol. The first-order valence-corrected chi connectivity index (χ1v) is 6.31. The summed E-state index contributed by atoms with van der Waals surface area (Å²) in [4.78, 5) is 19.5. The molecule has 6 heteroatoms. The zero-order chi connectivity index (χ0) is 14.1. The monoisotopic (exact) mass is 287 g/mol. The van der Waals surface area contributed by atoms with Crippen molar-refractivity contribution in [3.63, 3.8) is 0 Å². The van der Waals surface area contributed by atoms with E-state index in [0.717, 1.165) is 11.0 Å². The fourth-order valence-corrected chi connectivity index (χ4v) is 2.34. The summed E-state index contributed by atoms with van der Waals surface area (Å²) in [5.41, 5.74) is 2.16. The van der Waals surface area contributed by atoms with Crippen LogP contribution in [-0.2, 0) is 11.3 Å². The van der Waals surface area contributed by atoms with Gasteiger partial charge in [-0.25, -0.2) is 4.98 Å². The Labute approximate surface area is 119 Å². The Hall–Kier alpha value is -2.40. The molecule has 100 valence electrons. The lowest BCUT2D eigenvalue weighted by atomic mass is 10.2. The number of carbonyl (C=O) groups is 1. The predicted octanol–water partition coefficient (Wildman–Crippen LogP) is 2.84. The van der Waals surface area contributed by atoms with Crippen molar-refractivity contribution in [3.8, 4) is 11.4 Å². The molecule has 1 N–H and O–H groups in total. The molecule has 3 aromatic rings. The van der Waals surface area contributed by atoms with Crippen LogP contribution in [0.5, 0.6) is 0 Å². The number of rotatable bonds is 3. The van der Waals surface area contributed by atoms with Crippen molar-refractivity contribution in [1.82, 2.24) is 14.5 Å². The third-order valence-corrected chi connectivity index (χ3v) is 3.26. The molecule has 0 radical (unpaired) electrons. The number of fused-ring (bicyclic) bond motifs is 1. The molecule has 0 saturated heterocycles. The Balaban J connectivity index is 2.29. The zero-order valence-corrected chi connectivity index (χ0v) is 11.1. The van der Waals surface area contributed by atoms with E-state index in [1.54, 1.807) is 16.8 Å². The van der Waals surface area contributed by atoms with Crippen LogP contribution in [-0.4, -0.2) is 25.6 Å². The average molecular weight is 288 g/mol. The second-order valence-electron chi connectivity index (χ2n) is 4.26. The fourth-order valence-electron chi connectivity index (χ4n) is 2.13. The van der Waals surface area contributed by atoms with Gasteiger partial charge in [0.1, 0.15) is 12.4 Å². The number of pyridine rings is 1. The summed E-state index contributed by atoms with van der Waals surface area (Å²) in [5.74, 6) is -0.402. The van der Waals surface area contributed by atoms with Gasteiger partial charge in [-0.1, -0.05) is 23.7 Å². The van der Waals surface area contributed by atoms with Crippen molar-refractivity contribution in [2.24, 2.45) is 0 Å². The molecule has 0 aliphatic heterocycles. The van der Waals surface area contributed by atoms with E-state index >= 15 is 0 Å². The van der Waals surface area contributed by atoms with Crippen molar-refractivity contribution < 1.29 is 9.90 Å². The molecule has 1 aromatic carbocycles.